The van der Waals surface area contributed by atoms with E-state index in [0.717, 1.165) is 6.42 Å². The minimum atomic E-state index is -1.11. The van der Waals surface area contributed by atoms with Gasteiger partial charge < -0.3 is 15.2 Å². The van der Waals surface area contributed by atoms with Crippen molar-refractivity contribution >= 4 is 11.9 Å². The molecule has 8 nitrogen and oxygen atoms in total. The lowest BCUT2D eigenvalue weighted by Crippen LogP contribution is -2.48. The van der Waals surface area contributed by atoms with Crippen molar-refractivity contribution in [1.29, 1.82) is 0 Å². The number of nitrogens with one attached hydrogen (secondary N) is 1. The number of ether oxygens (including phenoxy) is 1. The van der Waals surface area contributed by atoms with Gasteiger partial charge in [0.15, 0.2) is 5.69 Å². The molecule has 2 heterocycles. The number of hydrogen-bond acceptors (Lipinski definition) is 5. The van der Waals surface area contributed by atoms with Crippen molar-refractivity contribution in [3.8, 4) is 0 Å². The Labute approximate surface area is 149 Å². The topological polar surface area (TPSA) is 106 Å². The normalized spacial score (nSPS) is 18.3. The average Bonchev–Trinajstić information content (AvgIpc) is 3.08. The van der Waals surface area contributed by atoms with Crippen LogP contribution in [0.25, 0.3) is 0 Å². The molecule has 2 N–H and O–H groups in total. The second-order valence-corrected chi connectivity index (χ2v) is 6.20. The molecule has 1 saturated heterocycles. The Balaban J connectivity index is 1.65. The highest BCUT2D eigenvalue weighted by atomic mass is 19.1. The van der Waals surface area contributed by atoms with Crippen molar-refractivity contribution in [1.82, 2.24) is 20.3 Å². The summed E-state index contributed by atoms with van der Waals surface area (Å²) in [5.74, 6) is -2.37. The Morgan fingerprint density at radius 2 is 2.31 bits per heavy atom. The lowest BCUT2D eigenvalue weighted by molar-refractivity contribution is -0.142. The number of benzene rings is 1. The predicted octanol–water partition coefficient (Wildman–Crippen LogP) is 1.08. The minimum Gasteiger partial charge on any atom is -0.480 e. The van der Waals surface area contributed by atoms with Crippen LogP contribution >= 0.6 is 0 Å². The number of nitrogens with zero attached hydrogens (tertiary/aromatic N) is 3. The number of carbonyl (C=O) groups is 2. The molecule has 1 aliphatic rings. The Bertz CT molecular complexity index is 789. The molecule has 26 heavy (non-hydrogen) atoms. The summed E-state index contributed by atoms with van der Waals surface area (Å²) >= 11 is 0. The monoisotopic (exact) mass is 362 g/mol. The summed E-state index contributed by atoms with van der Waals surface area (Å²) < 4.78 is 19.9. The van der Waals surface area contributed by atoms with Gasteiger partial charge in [0.1, 0.15) is 11.9 Å². The first-order valence-electron chi connectivity index (χ1n) is 8.29. The van der Waals surface area contributed by atoms with E-state index < -0.39 is 17.9 Å². The molecule has 1 aliphatic heterocycles. The highest BCUT2D eigenvalue weighted by Crippen LogP contribution is 2.18. The van der Waals surface area contributed by atoms with E-state index in [4.69, 9.17) is 4.74 Å². The number of halogens is 1. The number of amides is 1. The molecule has 0 bridgehead atoms. The molecule has 138 valence electrons. The number of rotatable bonds is 6. The number of aromatic nitrogens is 3. The molecule has 2 aromatic rings. The van der Waals surface area contributed by atoms with Crippen LogP contribution in [0.2, 0.25) is 0 Å². The van der Waals surface area contributed by atoms with Crippen LogP contribution in [0.15, 0.2) is 30.5 Å². The van der Waals surface area contributed by atoms with Gasteiger partial charge >= 0.3 is 5.97 Å². The van der Waals surface area contributed by atoms with Crippen molar-refractivity contribution in [2.24, 2.45) is 5.92 Å². The Hall–Kier alpha value is -2.81. The number of carbonyl (C=O) groups excluding carboxylic acids is 1. The maximum atomic E-state index is 13.2. The number of carboxylic acid groups (broad SMARTS) is 1. The second kappa shape index (κ2) is 8.05. The van der Waals surface area contributed by atoms with Crippen LogP contribution in [0.1, 0.15) is 28.9 Å². The van der Waals surface area contributed by atoms with Crippen molar-refractivity contribution in [3.05, 3.63) is 47.5 Å². The first-order valence-corrected chi connectivity index (χ1v) is 8.29. The van der Waals surface area contributed by atoms with Gasteiger partial charge in [-0.05, 0) is 30.5 Å². The number of aliphatic carboxylic acids is 1. The van der Waals surface area contributed by atoms with Crippen LogP contribution in [0.4, 0.5) is 4.39 Å². The molecule has 3 rings (SSSR count). The Morgan fingerprint density at radius 3 is 3.00 bits per heavy atom. The molecule has 1 fully saturated rings. The van der Waals surface area contributed by atoms with Gasteiger partial charge in [0.2, 0.25) is 0 Å². The van der Waals surface area contributed by atoms with E-state index in [-0.39, 0.29) is 24.0 Å². The quantitative estimate of drug-likeness (QED) is 0.796. The highest BCUT2D eigenvalue weighted by molar-refractivity contribution is 5.94. The van der Waals surface area contributed by atoms with Gasteiger partial charge in [-0.2, -0.15) is 0 Å². The van der Waals surface area contributed by atoms with Crippen LogP contribution in [-0.2, 0) is 16.1 Å². The second-order valence-electron chi connectivity index (χ2n) is 6.20. The van der Waals surface area contributed by atoms with Gasteiger partial charge in [-0.3, -0.25) is 4.79 Å². The molecule has 0 aliphatic carbocycles. The Morgan fingerprint density at radius 1 is 1.46 bits per heavy atom. The third kappa shape index (κ3) is 4.42. The van der Waals surface area contributed by atoms with Crippen LogP contribution in [0.3, 0.4) is 0 Å². The van der Waals surface area contributed by atoms with E-state index in [9.17, 15) is 19.1 Å². The van der Waals surface area contributed by atoms with E-state index in [1.807, 2.05) is 0 Å². The molecule has 1 amide bonds. The van der Waals surface area contributed by atoms with Gasteiger partial charge in [-0.15, -0.1) is 5.10 Å². The van der Waals surface area contributed by atoms with Gasteiger partial charge in [0, 0.05) is 12.5 Å². The van der Waals surface area contributed by atoms with Crippen molar-refractivity contribution in [2.75, 3.05) is 13.2 Å². The molecule has 9 heteroatoms. The largest absolute Gasteiger partial charge is 0.480 e. The van der Waals surface area contributed by atoms with Crippen LogP contribution in [0, 0.1) is 11.7 Å². The summed E-state index contributed by atoms with van der Waals surface area (Å²) in [5.41, 5.74) is 0.675. The van der Waals surface area contributed by atoms with E-state index in [1.54, 1.807) is 12.1 Å². The molecule has 1 aromatic carbocycles. The summed E-state index contributed by atoms with van der Waals surface area (Å²) in [6.45, 7) is 1.14. The first-order chi connectivity index (χ1) is 12.5. The van der Waals surface area contributed by atoms with Gasteiger partial charge in [0.05, 0.1) is 19.3 Å². The molecule has 0 radical (unpaired) electrons. The lowest BCUT2D eigenvalue weighted by Gasteiger charge is -2.27. The van der Waals surface area contributed by atoms with Gasteiger partial charge in [-0.1, -0.05) is 17.3 Å². The number of hydrogen-bond donors (Lipinski definition) is 2. The zero-order valence-corrected chi connectivity index (χ0v) is 14.0. The zero-order valence-electron chi connectivity index (χ0n) is 14.0. The summed E-state index contributed by atoms with van der Waals surface area (Å²) in [5, 5.41) is 19.5. The van der Waals surface area contributed by atoms with Crippen LogP contribution < -0.4 is 5.32 Å². The van der Waals surface area contributed by atoms with E-state index in [0.29, 0.717) is 25.2 Å². The van der Waals surface area contributed by atoms with Crippen molar-refractivity contribution in [3.63, 3.8) is 0 Å². The molecular formula is C17H19FN4O4. The van der Waals surface area contributed by atoms with Gasteiger partial charge in [-0.25, -0.2) is 13.9 Å². The van der Waals surface area contributed by atoms with Crippen LogP contribution in [-0.4, -0.2) is 51.2 Å². The summed E-state index contributed by atoms with van der Waals surface area (Å²) in [4.78, 5) is 23.8. The molecule has 0 spiro atoms. The fourth-order valence-corrected chi connectivity index (χ4v) is 2.93. The fourth-order valence-electron chi connectivity index (χ4n) is 2.93. The lowest BCUT2D eigenvalue weighted by atomic mass is 9.93. The van der Waals surface area contributed by atoms with Gasteiger partial charge in [0.25, 0.3) is 5.91 Å². The van der Waals surface area contributed by atoms with Crippen LogP contribution in [0.5, 0.6) is 0 Å². The predicted molar refractivity (Wildman–Crippen MR) is 88.0 cm³/mol. The van der Waals surface area contributed by atoms with Crippen molar-refractivity contribution < 1.29 is 23.8 Å². The minimum absolute atomic E-state index is 0.00406. The van der Waals surface area contributed by atoms with E-state index >= 15 is 0 Å². The first kappa shape index (κ1) is 18.0. The number of carboxylic acids is 1. The average molecular weight is 362 g/mol. The highest BCUT2D eigenvalue weighted by Gasteiger charge is 2.32. The molecule has 2 unspecified atom stereocenters. The maximum Gasteiger partial charge on any atom is 0.326 e. The Kier molecular flexibility index (Phi) is 5.57. The summed E-state index contributed by atoms with van der Waals surface area (Å²) in [6, 6.07) is 4.97. The van der Waals surface area contributed by atoms with E-state index in [1.165, 1.54) is 23.0 Å². The molecule has 1 aromatic heterocycles. The maximum absolute atomic E-state index is 13.2. The fraction of sp³-hybridized carbons (Fsp3) is 0.412. The standard InChI is InChI=1S/C17H19FN4O4/c18-13-5-1-3-11(7-13)8-22-9-14(20-21-22)16(23)19-15(17(24)25)12-4-2-6-26-10-12/h1,3,5,7,9,12,15H,2,4,6,8,10H2,(H,19,23)(H,24,25). The third-order valence-electron chi connectivity index (χ3n) is 4.22. The summed E-state index contributed by atoms with van der Waals surface area (Å²) in [7, 11) is 0. The SMILES string of the molecule is O=C(NC(C(=O)O)C1CCCOC1)c1cn(Cc2cccc(F)c2)nn1. The molecular weight excluding hydrogens is 343 g/mol. The van der Waals surface area contributed by atoms with E-state index in [2.05, 4.69) is 15.6 Å². The smallest absolute Gasteiger partial charge is 0.326 e. The summed E-state index contributed by atoms with van der Waals surface area (Å²) in [6.07, 6.45) is 2.83. The molecule has 0 saturated carbocycles. The molecule has 2 atom stereocenters. The third-order valence-corrected chi connectivity index (χ3v) is 4.22. The zero-order chi connectivity index (χ0) is 18.5. The van der Waals surface area contributed by atoms with Crippen molar-refractivity contribution in [2.45, 2.75) is 25.4 Å².